The first-order chi connectivity index (χ1) is 16.8. The van der Waals surface area contributed by atoms with E-state index in [4.69, 9.17) is 11.2 Å². The van der Waals surface area contributed by atoms with E-state index in [1.54, 1.807) is 0 Å². The second-order valence-electron chi connectivity index (χ2n) is 8.51. The zero-order chi connectivity index (χ0) is 24.9. The van der Waals surface area contributed by atoms with Gasteiger partial charge in [0.05, 0.1) is 12.7 Å². The summed E-state index contributed by atoms with van der Waals surface area (Å²) in [6.07, 6.45) is 4.30. The largest absolute Gasteiger partial charge is 0.508 e. The summed E-state index contributed by atoms with van der Waals surface area (Å²) < 4.78 is 61.8. The van der Waals surface area contributed by atoms with Crippen LogP contribution in [-0.4, -0.2) is 39.9 Å². The molecular weight excluding hydrogens is 464 g/mol. The van der Waals surface area contributed by atoms with E-state index in [2.05, 4.69) is 26.4 Å². The van der Waals surface area contributed by atoms with E-state index >= 15 is 4.39 Å². The first-order valence-electron chi connectivity index (χ1n) is 10.9. The number of nitrogens with one attached hydrogen (secondary N) is 2. The molecule has 2 atom stereocenters. The molecule has 2 heterocycles. The Hall–Kier alpha value is -4.00. The Balaban J connectivity index is 1.67. The highest BCUT2D eigenvalue weighted by molar-refractivity contribution is 6.04. The molecular formula is C25H20F4N4O2. The number of aromatic nitrogens is 3. The van der Waals surface area contributed by atoms with Gasteiger partial charge in [0, 0.05) is 22.9 Å². The number of alkyl halides is 2. The van der Waals surface area contributed by atoms with Crippen molar-refractivity contribution in [2.24, 2.45) is 5.92 Å². The van der Waals surface area contributed by atoms with Gasteiger partial charge < -0.3 is 15.2 Å². The molecule has 35 heavy (non-hydrogen) atoms. The highest BCUT2D eigenvalue weighted by Crippen LogP contribution is 2.41. The van der Waals surface area contributed by atoms with Crippen molar-refractivity contribution in [3.63, 3.8) is 0 Å². The van der Waals surface area contributed by atoms with E-state index in [0.717, 1.165) is 0 Å². The zero-order valence-electron chi connectivity index (χ0n) is 18.5. The van der Waals surface area contributed by atoms with E-state index in [-0.39, 0.29) is 63.0 Å². The number of pyridine rings is 1. The lowest BCUT2D eigenvalue weighted by Crippen LogP contribution is -2.17. The van der Waals surface area contributed by atoms with Crippen LogP contribution in [0.5, 0.6) is 11.6 Å². The molecule has 0 spiro atoms. The summed E-state index contributed by atoms with van der Waals surface area (Å²) in [4.78, 5) is 4.32. The number of aromatic hydroxyl groups is 1. The lowest BCUT2D eigenvalue weighted by Gasteiger charge is -2.15. The van der Waals surface area contributed by atoms with Crippen LogP contribution in [-0.2, 0) is 0 Å². The van der Waals surface area contributed by atoms with Crippen molar-refractivity contribution in [3.05, 3.63) is 41.5 Å². The number of phenolic OH excluding ortho intramolecular Hbond substituents is 1. The molecule has 0 amide bonds. The van der Waals surface area contributed by atoms with Gasteiger partial charge in [0.25, 0.3) is 0 Å². The summed E-state index contributed by atoms with van der Waals surface area (Å²) in [6, 6.07) is 4.97. The average Bonchev–Trinajstić information content (AvgIpc) is 3.48. The van der Waals surface area contributed by atoms with E-state index in [1.807, 2.05) is 0 Å². The fraction of sp³-hybridized carbons (Fsp3) is 0.280. The van der Waals surface area contributed by atoms with E-state index in [9.17, 15) is 18.3 Å². The van der Waals surface area contributed by atoms with Gasteiger partial charge in [-0.25, -0.2) is 22.5 Å². The second kappa shape index (κ2) is 8.65. The molecule has 0 saturated heterocycles. The van der Waals surface area contributed by atoms with Gasteiger partial charge in [-0.15, -0.1) is 6.42 Å². The third-order valence-corrected chi connectivity index (χ3v) is 6.44. The van der Waals surface area contributed by atoms with Gasteiger partial charge >= 0.3 is 0 Å². The summed E-state index contributed by atoms with van der Waals surface area (Å²) in [5, 5.41) is 20.9. The fourth-order valence-electron chi connectivity index (χ4n) is 4.79. The standard InChI is InChI=1S/C25H20F4N4O2/c1-3-15-17(26)7-5-11-9-14(34)10-16(18(11)15)21-20(27)22-19(25(31-21)35-2)24(33-32-22)30-13-6-4-12(8-13)23(28)29/h1,5,7,9-10,12-13,23,34H,4,6,8H2,2H3,(H2,30,32,33)/t12-,13+/m0/s1. The quantitative estimate of drug-likeness (QED) is 0.254. The number of phenols is 1. The zero-order valence-corrected chi connectivity index (χ0v) is 18.5. The molecule has 6 nitrogen and oxygen atoms in total. The number of ether oxygens (including phenoxy) is 1. The summed E-state index contributed by atoms with van der Waals surface area (Å²) >= 11 is 0. The van der Waals surface area contributed by atoms with Crippen molar-refractivity contribution in [1.29, 1.82) is 0 Å². The number of fused-ring (bicyclic) bond motifs is 2. The molecule has 2 aromatic carbocycles. The Bertz CT molecular complexity index is 1500. The van der Waals surface area contributed by atoms with Gasteiger partial charge in [-0.1, -0.05) is 12.0 Å². The van der Waals surface area contributed by atoms with Crippen molar-refractivity contribution < 1.29 is 27.4 Å². The number of aromatic amines is 1. The maximum Gasteiger partial charge on any atom is 0.241 e. The van der Waals surface area contributed by atoms with Crippen molar-refractivity contribution in [2.75, 3.05) is 12.4 Å². The van der Waals surface area contributed by atoms with Crippen molar-refractivity contribution in [1.82, 2.24) is 15.2 Å². The molecule has 1 saturated carbocycles. The van der Waals surface area contributed by atoms with Gasteiger partial charge in [-0.2, -0.15) is 5.10 Å². The van der Waals surface area contributed by atoms with Gasteiger partial charge in [-0.05, 0) is 42.8 Å². The summed E-state index contributed by atoms with van der Waals surface area (Å²) in [5.41, 5.74) is -0.302. The molecule has 1 fully saturated rings. The Morgan fingerprint density at radius 1 is 1.23 bits per heavy atom. The number of halogens is 4. The minimum Gasteiger partial charge on any atom is -0.508 e. The molecule has 0 unspecified atom stereocenters. The lowest BCUT2D eigenvalue weighted by molar-refractivity contribution is 0.0803. The molecule has 10 heteroatoms. The van der Waals surface area contributed by atoms with E-state index < -0.39 is 24.0 Å². The molecule has 0 aliphatic heterocycles. The predicted molar refractivity (Wildman–Crippen MR) is 124 cm³/mol. The number of terminal acetylenes is 1. The number of hydrogen-bond acceptors (Lipinski definition) is 5. The first kappa shape index (κ1) is 22.8. The topological polar surface area (TPSA) is 83.1 Å². The van der Waals surface area contributed by atoms with Crippen LogP contribution in [0.3, 0.4) is 0 Å². The molecule has 2 aromatic heterocycles. The van der Waals surface area contributed by atoms with E-state index in [0.29, 0.717) is 18.2 Å². The van der Waals surface area contributed by atoms with Crippen LogP contribution < -0.4 is 10.1 Å². The Morgan fingerprint density at radius 2 is 2.03 bits per heavy atom. The van der Waals surface area contributed by atoms with Crippen LogP contribution in [0.15, 0.2) is 24.3 Å². The van der Waals surface area contributed by atoms with Crippen molar-refractivity contribution in [3.8, 4) is 35.2 Å². The number of H-pyrrole nitrogens is 1. The van der Waals surface area contributed by atoms with Gasteiger partial charge in [0.2, 0.25) is 12.3 Å². The Kier molecular flexibility index (Phi) is 5.63. The van der Waals surface area contributed by atoms with E-state index in [1.165, 1.54) is 31.4 Å². The van der Waals surface area contributed by atoms with Crippen LogP contribution in [0.4, 0.5) is 23.4 Å². The van der Waals surface area contributed by atoms with Crippen LogP contribution >= 0.6 is 0 Å². The average molecular weight is 484 g/mol. The minimum atomic E-state index is -2.40. The fourth-order valence-corrected chi connectivity index (χ4v) is 4.79. The molecule has 180 valence electrons. The number of benzene rings is 2. The van der Waals surface area contributed by atoms with Crippen molar-refractivity contribution >= 4 is 27.5 Å². The maximum atomic E-state index is 15.8. The molecule has 4 aromatic rings. The second-order valence-corrected chi connectivity index (χ2v) is 8.51. The monoisotopic (exact) mass is 484 g/mol. The summed E-state index contributed by atoms with van der Waals surface area (Å²) in [7, 11) is 1.34. The summed E-state index contributed by atoms with van der Waals surface area (Å²) in [6.45, 7) is 0. The molecule has 3 N–H and O–H groups in total. The number of hydrogen-bond donors (Lipinski definition) is 3. The van der Waals surface area contributed by atoms with Crippen LogP contribution in [0, 0.1) is 29.9 Å². The Labute approximate surface area is 197 Å². The SMILES string of the molecule is C#Cc1c(F)ccc2cc(O)cc(-c3nc(OC)c4c(N[C@@H]5CC[C@H](C(F)F)C5)n[nH]c4c3F)c12. The van der Waals surface area contributed by atoms with Gasteiger partial charge in [0.15, 0.2) is 11.6 Å². The van der Waals surface area contributed by atoms with Crippen molar-refractivity contribution in [2.45, 2.75) is 31.7 Å². The molecule has 1 aliphatic rings. The molecule has 0 bridgehead atoms. The van der Waals surface area contributed by atoms with Crippen LogP contribution in [0.2, 0.25) is 0 Å². The molecule has 5 rings (SSSR count). The van der Waals surface area contributed by atoms with Gasteiger partial charge in [0.1, 0.15) is 28.2 Å². The lowest BCUT2D eigenvalue weighted by atomic mass is 9.96. The molecule has 0 radical (unpaired) electrons. The number of rotatable bonds is 5. The highest BCUT2D eigenvalue weighted by Gasteiger charge is 2.32. The third kappa shape index (κ3) is 3.77. The number of nitrogens with zero attached hydrogens (tertiary/aromatic N) is 2. The number of anilines is 1. The summed E-state index contributed by atoms with van der Waals surface area (Å²) in [5.74, 6) is 0.131. The van der Waals surface area contributed by atoms with Crippen LogP contribution in [0.1, 0.15) is 24.8 Å². The highest BCUT2D eigenvalue weighted by atomic mass is 19.3. The number of methoxy groups -OCH3 is 1. The van der Waals surface area contributed by atoms with Gasteiger partial charge in [-0.3, -0.25) is 5.10 Å². The Morgan fingerprint density at radius 3 is 2.71 bits per heavy atom. The third-order valence-electron chi connectivity index (χ3n) is 6.44. The smallest absolute Gasteiger partial charge is 0.241 e. The molecule has 1 aliphatic carbocycles. The minimum absolute atomic E-state index is 0.00575. The predicted octanol–water partition coefficient (Wildman–Crippen LogP) is 5.60. The first-order valence-corrected chi connectivity index (χ1v) is 10.9. The normalized spacial score (nSPS) is 17.9. The van der Waals surface area contributed by atoms with Crippen LogP contribution in [0.25, 0.3) is 32.9 Å². The maximum absolute atomic E-state index is 15.8.